The first-order valence-electron chi connectivity index (χ1n) is 10.9. The van der Waals surface area contributed by atoms with Gasteiger partial charge in [0, 0.05) is 12.6 Å². The molecule has 3 aliphatic rings. The minimum absolute atomic E-state index is 0.0165. The van der Waals surface area contributed by atoms with E-state index in [2.05, 4.69) is 20.2 Å². The average Bonchev–Trinajstić information content (AvgIpc) is 3.36. The Hall–Kier alpha value is -2.51. The molecule has 0 radical (unpaired) electrons. The summed E-state index contributed by atoms with van der Waals surface area (Å²) in [5.74, 6) is 1.54. The van der Waals surface area contributed by atoms with E-state index in [-0.39, 0.29) is 23.7 Å². The van der Waals surface area contributed by atoms with Crippen molar-refractivity contribution in [3.8, 4) is 0 Å². The number of amides is 1. The van der Waals surface area contributed by atoms with E-state index in [1.54, 1.807) is 10.8 Å². The molecule has 8 heteroatoms. The van der Waals surface area contributed by atoms with Crippen LogP contribution in [0.4, 0.5) is 0 Å². The van der Waals surface area contributed by atoms with Gasteiger partial charge < -0.3 is 4.90 Å². The standard InChI is InChI=1S/C21H28N6O2/c1-12(2)27-19(24-25-21(27)29)18-14(13-7-8-13)9-10-26(18)20(28)17-11-22-15-5-3-4-6-16(15)23-17/h11-14,18H,3-10H2,1-2H3,(H,25,29). The number of hydrogen-bond donors (Lipinski definition) is 1. The zero-order valence-corrected chi connectivity index (χ0v) is 17.1. The predicted molar refractivity (Wildman–Crippen MR) is 107 cm³/mol. The van der Waals surface area contributed by atoms with Gasteiger partial charge in [-0.3, -0.25) is 14.3 Å². The summed E-state index contributed by atoms with van der Waals surface area (Å²) in [5.41, 5.74) is 2.21. The number of aromatic nitrogens is 5. The van der Waals surface area contributed by atoms with E-state index in [9.17, 15) is 9.59 Å². The first-order valence-corrected chi connectivity index (χ1v) is 10.9. The van der Waals surface area contributed by atoms with E-state index in [1.807, 2.05) is 18.7 Å². The number of H-pyrrole nitrogens is 1. The van der Waals surface area contributed by atoms with Crippen LogP contribution in [0.25, 0.3) is 0 Å². The van der Waals surface area contributed by atoms with Gasteiger partial charge in [0.1, 0.15) is 5.69 Å². The SMILES string of the molecule is CC(C)n1c(C2C(C3CC3)CCN2C(=O)c2cnc3c(n2)CCCC3)n[nH]c1=O. The number of rotatable bonds is 4. The topological polar surface area (TPSA) is 96.8 Å². The highest BCUT2D eigenvalue weighted by Crippen LogP contribution is 2.50. The minimum Gasteiger partial charge on any atom is -0.327 e. The maximum atomic E-state index is 13.5. The van der Waals surface area contributed by atoms with Crippen LogP contribution in [-0.2, 0) is 12.8 Å². The molecule has 0 bridgehead atoms. The fourth-order valence-corrected chi connectivity index (χ4v) is 5.11. The van der Waals surface area contributed by atoms with E-state index in [1.165, 1.54) is 12.8 Å². The van der Waals surface area contributed by atoms with E-state index in [0.29, 0.717) is 29.9 Å². The van der Waals surface area contributed by atoms with Crippen molar-refractivity contribution in [2.24, 2.45) is 11.8 Å². The second kappa shape index (κ2) is 7.07. The van der Waals surface area contributed by atoms with Gasteiger partial charge in [0.25, 0.3) is 5.91 Å². The molecule has 2 aromatic rings. The van der Waals surface area contributed by atoms with Gasteiger partial charge in [-0.1, -0.05) is 0 Å². The lowest BCUT2D eigenvalue weighted by molar-refractivity contribution is 0.0692. The lowest BCUT2D eigenvalue weighted by Crippen LogP contribution is -2.36. The molecule has 8 nitrogen and oxygen atoms in total. The summed E-state index contributed by atoms with van der Waals surface area (Å²) >= 11 is 0. The molecule has 2 unspecified atom stereocenters. The first kappa shape index (κ1) is 18.5. The molecule has 0 aromatic carbocycles. The Morgan fingerprint density at radius 1 is 1.17 bits per heavy atom. The van der Waals surface area contributed by atoms with Crippen molar-refractivity contribution in [2.45, 2.75) is 70.9 Å². The van der Waals surface area contributed by atoms with Gasteiger partial charge >= 0.3 is 5.69 Å². The largest absolute Gasteiger partial charge is 0.343 e. The van der Waals surface area contributed by atoms with Crippen molar-refractivity contribution >= 4 is 5.91 Å². The third-order valence-corrected chi connectivity index (χ3v) is 6.67. The molecule has 1 saturated carbocycles. The summed E-state index contributed by atoms with van der Waals surface area (Å²) in [7, 11) is 0. The van der Waals surface area contributed by atoms with Crippen LogP contribution >= 0.6 is 0 Å². The molecular weight excluding hydrogens is 368 g/mol. The average molecular weight is 396 g/mol. The molecule has 0 spiro atoms. The molecule has 5 rings (SSSR count). The molecule has 3 heterocycles. The Morgan fingerprint density at radius 3 is 2.66 bits per heavy atom. The van der Waals surface area contributed by atoms with Crippen molar-refractivity contribution in [1.82, 2.24) is 29.6 Å². The molecule has 1 aliphatic heterocycles. The summed E-state index contributed by atoms with van der Waals surface area (Å²) < 4.78 is 1.70. The Kier molecular flexibility index (Phi) is 4.52. The molecule has 2 atom stereocenters. The third kappa shape index (κ3) is 3.18. The van der Waals surface area contributed by atoms with E-state index in [4.69, 9.17) is 0 Å². The quantitative estimate of drug-likeness (QED) is 0.856. The number of likely N-dealkylation sites (tertiary alicyclic amines) is 1. The van der Waals surface area contributed by atoms with Crippen LogP contribution in [0.1, 0.15) is 85.7 Å². The second-order valence-corrected chi connectivity index (χ2v) is 8.94. The van der Waals surface area contributed by atoms with Gasteiger partial charge in [-0.2, -0.15) is 5.10 Å². The second-order valence-electron chi connectivity index (χ2n) is 8.94. The molecule has 154 valence electrons. The summed E-state index contributed by atoms with van der Waals surface area (Å²) in [4.78, 5) is 37.0. The van der Waals surface area contributed by atoms with E-state index >= 15 is 0 Å². The van der Waals surface area contributed by atoms with Crippen LogP contribution < -0.4 is 5.69 Å². The van der Waals surface area contributed by atoms with Crippen LogP contribution in [0.2, 0.25) is 0 Å². The van der Waals surface area contributed by atoms with Crippen molar-refractivity contribution in [3.63, 3.8) is 0 Å². The van der Waals surface area contributed by atoms with Gasteiger partial charge in [0.05, 0.1) is 23.6 Å². The predicted octanol–water partition coefficient (Wildman–Crippen LogP) is 2.43. The molecule has 1 saturated heterocycles. The number of carbonyl (C=O) groups is 1. The molecule has 2 fully saturated rings. The number of fused-ring (bicyclic) bond motifs is 1. The molecule has 2 aromatic heterocycles. The highest BCUT2D eigenvalue weighted by molar-refractivity contribution is 5.92. The Labute approximate surface area is 169 Å². The summed E-state index contributed by atoms with van der Waals surface area (Å²) in [6, 6.07) is -0.202. The highest BCUT2D eigenvalue weighted by Gasteiger charge is 2.48. The summed E-state index contributed by atoms with van der Waals surface area (Å²) in [6.45, 7) is 4.62. The van der Waals surface area contributed by atoms with Crippen molar-refractivity contribution in [3.05, 3.63) is 39.6 Å². The van der Waals surface area contributed by atoms with Crippen molar-refractivity contribution < 1.29 is 4.79 Å². The van der Waals surface area contributed by atoms with Crippen LogP contribution in [0, 0.1) is 11.8 Å². The fourth-order valence-electron chi connectivity index (χ4n) is 5.11. The normalized spacial score (nSPS) is 24.2. The first-order chi connectivity index (χ1) is 14.0. The summed E-state index contributed by atoms with van der Waals surface area (Å²) in [5, 5.41) is 6.98. The molecular formula is C21H28N6O2. The maximum Gasteiger partial charge on any atom is 0.343 e. The lowest BCUT2D eigenvalue weighted by atomic mass is 9.94. The molecule has 1 amide bonds. The fraction of sp³-hybridized carbons (Fsp3) is 0.667. The van der Waals surface area contributed by atoms with E-state index in [0.717, 1.165) is 43.5 Å². The highest BCUT2D eigenvalue weighted by atomic mass is 16.2. The van der Waals surface area contributed by atoms with Gasteiger partial charge in [0.2, 0.25) is 0 Å². The zero-order valence-electron chi connectivity index (χ0n) is 17.1. The Balaban J connectivity index is 1.51. The number of aryl methyl sites for hydroxylation is 2. The number of carbonyl (C=O) groups excluding carboxylic acids is 1. The van der Waals surface area contributed by atoms with E-state index < -0.39 is 0 Å². The lowest BCUT2D eigenvalue weighted by Gasteiger charge is -2.28. The molecule has 29 heavy (non-hydrogen) atoms. The van der Waals surface area contributed by atoms with Gasteiger partial charge in [-0.25, -0.2) is 14.9 Å². The van der Waals surface area contributed by atoms with Crippen LogP contribution in [0.3, 0.4) is 0 Å². The molecule has 2 aliphatic carbocycles. The number of aromatic amines is 1. The Bertz CT molecular complexity index is 989. The number of nitrogens with one attached hydrogen (secondary N) is 1. The number of hydrogen-bond acceptors (Lipinski definition) is 5. The minimum atomic E-state index is -0.211. The van der Waals surface area contributed by atoms with Gasteiger partial charge in [-0.05, 0) is 70.6 Å². The Morgan fingerprint density at radius 2 is 1.93 bits per heavy atom. The van der Waals surface area contributed by atoms with Crippen LogP contribution in [-0.4, -0.2) is 42.1 Å². The van der Waals surface area contributed by atoms with Crippen molar-refractivity contribution in [2.75, 3.05) is 6.54 Å². The molecule has 1 N–H and O–H groups in total. The van der Waals surface area contributed by atoms with Gasteiger partial charge in [0.15, 0.2) is 5.82 Å². The van der Waals surface area contributed by atoms with Crippen LogP contribution in [0.15, 0.2) is 11.0 Å². The maximum absolute atomic E-state index is 13.5. The zero-order chi connectivity index (χ0) is 20.1. The summed E-state index contributed by atoms with van der Waals surface area (Å²) in [6.07, 6.45) is 9.04. The van der Waals surface area contributed by atoms with Crippen LogP contribution in [0.5, 0.6) is 0 Å². The van der Waals surface area contributed by atoms with Gasteiger partial charge in [-0.15, -0.1) is 0 Å². The smallest absolute Gasteiger partial charge is 0.327 e. The van der Waals surface area contributed by atoms with Crippen molar-refractivity contribution in [1.29, 1.82) is 0 Å². The number of nitrogens with zero attached hydrogens (tertiary/aromatic N) is 5. The monoisotopic (exact) mass is 396 g/mol. The third-order valence-electron chi connectivity index (χ3n) is 6.67.